The summed E-state index contributed by atoms with van der Waals surface area (Å²) < 4.78 is 2.20. The maximum atomic E-state index is 12.7. The average Bonchev–Trinajstić information content (AvgIpc) is 2.76. The highest BCUT2D eigenvalue weighted by atomic mass is 16.1. The lowest BCUT2D eigenvalue weighted by Gasteiger charge is -2.12. The molecule has 0 bridgehead atoms. The van der Waals surface area contributed by atoms with Gasteiger partial charge in [-0.2, -0.15) is 0 Å². The number of carbonyl (C=O) groups excluding carboxylic acids is 1. The van der Waals surface area contributed by atoms with Crippen LogP contribution in [0.25, 0.3) is 10.9 Å². The number of benzene rings is 2. The van der Waals surface area contributed by atoms with Crippen molar-refractivity contribution < 1.29 is 4.79 Å². The number of carbonyl (C=O) groups is 1. The predicted molar refractivity (Wildman–Crippen MR) is 102 cm³/mol. The van der Waals surface area contributed by atoms with Crippen LogP contribution in [-0.4, -0.2) is 23.6 Å². The van der Waals surface area contributed by atoms with Gasteiger partial charge in [-0.3, -0.25) is 4.79 Å². The monoisotopic (exact) mass is 333 g/mol. The van der Waals surface area contributed by atoms with Gasteiger partial charge < -0.3 is 15.2 Å². The van der Waals surface area contributed by atoms with Crippen LogP contribution in [0.3, 0.4) is 0 Å². The van der Waals surface area contributed by atoms with Crippen LogP contribution in [0, 0.1) is 6.92 Å². The summed E-state index contributed by atoms with van der Waals surface area (Å²) in [5.41, 5.74) is 5.85. The molecule has 2 heterocycles. The number of anilines is 1. The van der Waals surface area contributed by atoms with Crippen molar-refractivity contribution in [3.63, 3.8) is 0 Å². The molecule has 2 aromatic carbocycles. The van der Waals surface area contributed by atoms with Crippen molar-refractivity contribution in [2.24, 2.45) is 0 Å². The second-order valence-corrected chi connectivity index (χ2v) is 6.70. The van der Waals surface area contributed by atoms with Gasteiger partial charge in [-0.15, -0.1) is 0 Å². The quantitative estimate of drug-likeness (QED) is 0.773. The van der Waals surface area contributed by atoms with Crippen LogP contribution in [0.15, 0.2) is 48.5 Å². The molecule has 128 valence electrons. The predicted octanol–water partition coefficient (Wildman–Crippen LogP) is 3.28. The smallest absolute Gasteiger partial charge is 0.244 e. The molecule has 4 heteroatoms. The average molecular weight is 333 g/mol. The minimum absolute atomic E-state index is 0.0198. The third-order valence-corrected chi connectivity index (χ3v) is 4.89. The number of fused-ring (bicyclic) bond motifs is 3. The molecule has 1 aliphatic rings. The lowest BCUT2D eigenvalue weighted by atomic mass is 10.1. The highest BCUT2D eigenvalue weighted by Crippen LogP contribution is 2.28. The lowest BCUT2D eigenvalue weighted by Crippen LogP contribution is -2.21. The minimum Gasteiger partial charge on any atom is -0.335 e. The lowest BCUT2D eigenvalue weighted by molar-refractivity contribution is -0.116. The Bertz CT molecular complexity index is 926. The first kappa shape index (κ1) is 15.9. The maximum Gasteiger partial charge on any atom is 0.244 e. The van der Waals surface area contributed by atoms with Gasteiger partial charge in [-0.1, -0.05) is 30.3 Å². The van der Waals surface area contributed by atoms with Crippen LogP contribution in [-0.2, 0) is 24.2 Å². The van der Waals surface area contributed by atoms with Crippen molar-refractivity contribution in [2.45, 2.75) is 26.3 Å². The molecule has 4 rings (SSSR count). The van der Waals surface area contributed by atoms with Crippen LogP contribution in [0.2, 0.25) is 0 Å². The number of para-hydroxylation sites is 1. The van der Waals surface area contributed by atoms with Crippen molar-refractivity contribution in [3.8, 4) is 0 Å². The number of nitrogens with zero attached hydrogens (tertiary/aromatic N) is 1. The fourth-order valence-electron chi connectivity index (χ4n) is 3.79. The summed E-state index contributed by atoms with van der Waals surface area (Å²) in [6, 6.07) is 16.4. The Balaban J connectivity index is 1.67. The topological polar surface area (TPSA) is 46.1 Å². The first-order valence-corrected chi connectivity index (χ1v) is 8.88. The fourth-order valence-corrected chi connectivity index (χ4v) is 3.79. The summed E-state index contributed by atoms with van der Waals surface area (Å²) in [7, 11) is 0. The summed E-state index contributed by atoms with van der Waals surface area (Å²) in [6.07, 6.45) is 1.98. The summed E-state index contributed by atoms with van der Waals surface area (Å²) in [5, 5.41) is 7.77. The summed E-state index contributed by atoms with van der Waals surface area (Å²) in [5.74, 6) is 0.0198. The van der Waals surface area contributed by atoms with E-state index in [1.54, 1.807) is 0 Å². The van der Waals surface area contributed by atoms with E-state index in [2.05, 4.69) is 39.5 Å². The summed E-state index contributed by atoms with van der Waals surface area (Å²) in [4.78, 5) is 12.7. The molecule has 25 heavy (non-hydrogen) atoms. The Labute approximate surface area is 147 Å². The molecule has 0 saturated carbocycles. The van der Waals surface area contributed by atoms with Gasteiger partial charge in [-0.25, -0.2) is 0 Å². The van der Waals surface area contributed by atoms with Crippen LogP contribution in [0.1, 0.15) is 16.8 Å². The zero-order valence-electron chi connectivity index (χ0n) is 14.5. The third-order valence-electron chi connectivity index (χ3n) is 4.89. The Morgan fingerprint density at radius 3 is 2.84 bits per heavy atom. The van der Waals surface area contributed by atoms with Crippen molar-refractivity contribution >= 4 is 22.5 Å². The van der Waals surface area contributed by atoms with E-state index in [1.807, 2.05) is 31.2 Å². The Kier molecular flexibility index (Phi) is 4.28. The van der Waals surface area contributed by atoms with Gasteiger partial charge in [0.25, 0.3) is 0 Å². The number of rotatable bonds is 3. The van der Waals surface area contributed by atoms with Crippen LogP contribution in [0.5, 0.6) is 0 Å². The molecule has 2 N–H and O–H groups in total. The molecular formula is C21H23N3O. The second-order valence-electron chi connectivity index (χ2n) is 6.70. The van der Waals surface area contributed by atoms with Crippen LogP contribution >= 0.6 is 0 Å². The van der Waals surface area contributed by atoms with Gasteiger partial charge in [0.1, 0.15) is 6.54 Å². The Morgan fingerprint density at radius 1 is 1.12 bits per heavy atom. The molecule has 4 nitrogen and oxygen atoms in total. The third kappa shape index (κ3) is 3.17. The van der Waals surface area contributed by atoms with Gasteiger partial charge in [-0.05, 0) is 49.2 Å². The van der Waals surface area contributed by atoms with Crippen molar-refractivity contribution in [1.29, 1.82) is 0 Å². The maximum absolute atomic E-state index is 12.7. The summed E-state index contributed by atoms with van der Waals surface area (Å²) >= 11 is 0. The standard InChI is InChI=1S/C21H23N3O/c1-15-5-4-6-16(13-15)23-21(25)14-24-19-8-3-2-7-17(19)18-9-11-22-12-10-20(18)24/h2-8,13,22H,9-12,14H2,1H3,(H,23,25). The van der Waals surface area contributed by atoms with E-state index in [-0.39, 0.29) is 5.91 Å². The molecule has 0 radical (unpaired) electrons. The summed E-state index contributed by atoms with van der Waals surface area (Å²) in [6.45, 7) is 4.34. The normalized spacial score (nSPS) is 14.1. The zero-order valence-corrected chi connectivity index (χ0v) is 14.5. The molecule has 1 amide bonds. The molecule has 0 unspecified atom stereocenters. The molecule has 3 aromatic rings. The number of aryl methyl sites for hydroxylation is 1. The highest BCUT2D eigenvalue weighted by Gasteiger charge is 2.19. The van der Waals surface area contributed by atoms with Crippen LogP contribution in [0.4, 0.5) is 5.69 Å². The van der Waals surface area contributed by atoms with Crippen molar-refractivity contribution in [2.75, 3.05) is 18.4 Å². The minimum atomic E-state index is 0.0198. The molecular weight excluding hydrogens is 310 g/mol. The fraction of sp³-hybridized carbons (Fsp3) is 0.286. The molecule has 0 fully saturated rings. The van der Waals surface area contributed by atoms with E-state index in [9.17, 15) is 4.79 Å². The van der Waals surface area contributed by atoms with E-state index in [0.29, 0.717) is 6.54 Å². The Hall–Kier alpha value is -2.59. The van der Waals surface area contributed by atoms with Gasteiger partial charge >= 0.3 is 0 Å². The van der Waals surface area contributed by atoms with E-state index in [0.717, 1.165) is 42.7 Å². The number of amides is 1. The molecule has 1 aromatic heterocycles. The van der Waals surface area contributed by atoms with Gasteiger partial charge in [0, 0.05) is 35.2 Å². The van der Waals surface area contributed by atoms with Crippen molar-refractivity contribution in [3.05, 3.63) is 65.4 Å². The number of nitrogens with one attached hydrogen (secondary N) is 2. The van der Waals surface area contributed by atoms with Gasteiger partial charge in [0.2, 0.25) is 5.91 Å². The van der Waals surface area contributed by atoms with Crippen LogP contribution < -0.4 is 10.6 Å². The first-order chi connectivity index (χ1) is 12.2. The SMILES string of the molecule is Cc1cccc(NC(=O)Cn2c3c(c4ccccc42)CCNCC3)c1. The molecule has 0 atom stereocenters. The van der Waals surface area contributed by atoms with E-state index in [1.165, 1.54) is 16.6 Å². The largest absolute Gasteiger partial charge is 0.335 e. The van der Waals surface area contributed by atoms with E-state index in [4.69, 9.17) is 0 Å². The second kappa shape index (κ2) is 6.73. The zero-order chi connectivity index (χ0) is 17.2. The molecule has 0 aliphatic carbocycles. The van der Waals surface area contributed by atoms with E-state index < -0.39 is 0 Å². The van der Waals surface area contributed by atoms with E-state index >= 15 is 0 Å². The molecule has 0 spiro atoms. The van der Waals surface area contributed by atoms with Crippen molar-refractivity contribution in [1.82, 2.24) is 9.88 Å². The van der Waals surface area contributed by atoms with Gasteiger partial charge in [0.15, 0.2) is 0 Å². The van der Waals surface area contributed by atoms with Gasteiger partial charge in [0.05, 0.1) is 0 Å². The number of hydrogen-bond acceptors (Lipinski definition) is 2. The molecule has 0 saturated heterocycles. The number of aromatic nitrogens is 1. The first-order valence-electron chi connectivity index (χ1n) is 8.88. The Morgan fingerprint density at radius 2 is 1.96 bits per heavy atom. The number of hydrogen-bond donors (Lipinski definition) is 2. The highest BCUT2D eigenvalue weighted by molar-refractivity contribution is 5.93. The molecule has 1 aliphatic heterocycles.